The summed E-state index contributed by atoms with van der Waals surface area (Å²) in [6, 6.07) is 7.63. The molecule has 1 aromatic carbocycles. The minimum atomic E-state index is -0.484. The summed E-state index contributed by atoms with van der Waals surface area (Å²) in [7, 11) is 1.48. The van der Waals surface area contributed by atoms with Crippen LogP contribution in [0.15, 0.2) is 42.7 Å². The predicted octanol–water partition coefficient (Wildman–Crippen LogP) is 1.82. The van der Waals surface area contributed by atoms with Gasteiger partial charge in [0.15, 0.2) is 0 Å². The second kappa shape index (κ2) is 6.71. The number of halogens is 1. The van der Waals surface area contributed by atoms with Gasteiger partial charge in [-0.3, -0.25) is 25.4 Å². The van der Waals surface area contributed by atoms with Gasteiger partial charge in [0.05, 0.1) is 12.1 Å². The van der Waals surface area contributed by atoms with E-state index >= 15 is 0 Å². The Kier molecular flexibility index (Phi) is 4.73. The van der Waals surface area contributed by atoms with Crippen molar-refractivity contribution in [2.75, 3.05) is 7.11 Å². The van der Waals surface area contributed by atoms with Crippen LogP contribution >= 0.6 is 11.6 Å². The van der Waals surface area contributed by atoms with Gasteiger partial charge in [0.25, 0.3) is 11.8 Å². The minimum Gasteiger partial charge on any atom is -0.495 e. The molecular formula is C14H12ClN3O3. The molecule has 0 saturated carbocycles. The summed E-state index contributed by atoms with van der Waals surface area (Å²) in [6.07, 6.45) is 2.97. The van der Waals surface area contributed by atoms with Crippen LogP contribution in [-0.2, 0) is 0 Å². The number of rotatable bonds is 3. The number of carbonyl (C=O) groups is 2. The van der Waals surface area contributed by atoms with E-state index in [1.807, 2.05) is 0 Å². The van der Waals surface area contributed by atoms with Crippen LogP contribution in [0.1, 0.15) is 20.7 Å². The molecule has 2 amide bonds. The highest BCUT2D eigenvalue weighted by atomic mass is 35.5. The lowest BCUT2D eigenvalue weighted by Gasteiger charge is -2.08. The average molecular weight is 306 g/mol. The smallest absolute Gasteiger partial charge is 0.269 e. The Bertz CT molecular complexity index is 662. The summed E-state index contributed by atoms with van der Waals surface area (Å²) >= 11 is 5.93. The van der Waals surface area contributed by atoms with Crippen molar-refractivity contribution in [2.45, 2.75) is 0 Å². The molecule has 108 valence electrons. The largest absolute Gasteiger partial charge is 0.495 e. The first-order chi connectivity index (χ1) is 10.1. The molecule has 0 aliphatic carbocycles. The van der Waals surface area contributed by atoms with Gasteiger partial charge in [0, 0.05) is 23.5 Å². The van der Waals surface area contributed by atoms with Crippen LogP contribution in [0.4, 0.5) is 0 Å². The Balaban J connectivity index is 1.99. The number of hydrazine groups is 1. The third-order valence-electron chi connectivity index (χ3n) is 2.65. The van der Waals surface area contributed by atoms with E-state index in [1.165, 1.54) is 37.7 Å². The van der Waals surface area contributed by atoms with Gasteiger partial charge in [0.1, 0.15) is 5.75 Å². The molecule has 2 aromatic rings. The molecule has 0 atom stereocenters. The number of ether oxygens (including phenoxy) is 1. The first kappa shape index (κ1) is 14.8. The van der Waals surface area contributed by atoms with Crippen LogP contribution in [0, 0.1) is 0 Å². The number of aromatic nitrogens is 1. The highest BCUT2D eigenvalue weighted by Crippen LogP contribution is 2.24. The van der Waals surface area contributed by atoms with Crippen LogP contribution in [0.25, 0.3) is 0 Å². The number of nitrogens with one attached hydrogen (secondary N) is 2. The molecule has 7 heteroatoms. The van der Waals surface area contributed by atoms with Crippen molar-refractivity contribution >= 4 is 23.4 Å². The number of carbonyl (C=O) groups excluding carboxylic acids is 2. The van der Waals surface area contributed by atoms with Gasteiger partial charge in [-0.15, -0.1) is 0 Å². The van der Waals surface area contributed by atoms with E-state index in [2.05, 4.69) is 15.8 Å². The van der Waals surface area contributed by atoms with Crippen molar-refractivity contribution in [3.63, 3.8) is 0 Å². The molecule has 0 aliphatic rings. The van der Waals surface area contributed by atoms with E-state index in [0.29, 0.717) is 21.9 Å². The molecule has 1 heterocycles. The fraction of sp³-hybridized carbons (Fsp3) is 0.0714. The van der Waals surface area contributed by atoms with Gasteiger partial charge < -0.3 is 4.74 Å². The lowest BCUT2D eigenvalue weighted by atomic mass is 10.2. The maximum atomic E-state index is 11.9. The number of nitrogens with zero attached hydrogens (tertiary/aromatic N) is 1. The van der Waals surface area contributed by atoms with E-state index in [4.69, 9.17) is 16.3 Å². The second-order valence-corrected chi connectivity index (χ2v) is 4.40. The summed E-state index contributed by atoms with van der Waals surface area (Å²) in [5.74, 6) is -0.457. The summed E-state index contributed by atoms with van der Waals surface area (Å²) < 4.78 is 5.00. The molecular weight excluding hydrogens is 294 g/mol. The van der Waals surface area contributed by atoms with Gasteiger partial charge >= 0.3 is 0 Å². The van der Waals surface area contributed by atoms with Crippen molar-refractivity contribution in [1.82, 2.24) is 15.8 Å². The van der Waals surface area contributed by atoms with Crippen LogP contribution < -0.4 is 15.6 Å². The molecule has 1 aromatic heterocycles. The van der Waals surface area contributed by atoms with Crippen molar-refractivity contribution in [3.05, 3.63) is 58.9 Å². The number of amides is 2. The van der Waals surface area contributed by atoms with Crippen LogP contribution in [0.5, 0.6) is 5.75 Å². The lowest BCUT2D eigenvalue weighted by molar-refractivity contribution is 0.0846. The second-order valence-electron chi connectivity index (χ2n) is 3.99. The quantitative estimate of drug-likeness (QED) is 0.848. The lowest BCUT2D eigenvalue weighted by Crippen LogP contribution is -2.41. The number of hydrogen-bond donors (Lipinski definition) is 2. The molecule has 0 radical (unpaired) electrons. The van der Waals surface area contributed by atoms with E-state index < -0.39 is 11.8 Å². The molecule has 2 rings (SSSR count). The third kappa shape index (κ3) is 3.70. The summed E-state index contributed by atoms with van der Waals surface area (Å²) in [5.41, 5.74) is 5.30. The van der Waals surface area contributed by atoms with Crippen LogP contribution in [-0.4, -0.2) is 23.9 Å². The van der Waals surface area contributed by atoms with E-state index in [1.54, 1.807) is 12.1 Å². The normalized spacial score (nSPS) is 9.81. The predicted molar refractivity (Wildman–Crippen MR) is 77.2 cm³/mol. The fourth-order valence-electron chi connectivity index (χ4n) is 1.57. The fourth-order valence-corrected chi connectivity index (χ4v) is 1.83. The Morgan fingerprint density at radius 1 is 1.05 bits per heavy atom. The highest BCUT2D eigenvalue weighted by molar-refractivity contribution is 6.32. The number of methoxy groups -OCH3 is 1. The van der Waals surface area contributed by atoms with Gasteiger partial charge in [-0.05, 0) is 30.3 Å². The van der Waals surface area contributed by atoms with E-state index in [-0.39, 0.29) is 0 Å². The molecule has 0 aliphatic heterocycles. The summed E-state index contributed by atoms with van der Waals surface area (Å²) in [4.78, 5) is 27.4. The average Bonchev–Trinajstić information content (AvgIpc) is 2.53. The third-order valence-corrected chi connectivity index (χ3v) is 2.94. The Morgan fingerprint density at radius 2 is 1.67 bits per heavy atom. The van der Waals surface area contributed by atoms with E-state index in [9.17, 15) is 9.59 Å². The molecule has 0 unspecified atom stereocenters. The zero-order chi connectivity index (χ0) is 15.2. The monoisotopic (exact) mass is 305 g/mol. The Hall–Kier alpha value is -2.60. The summed E-state index contributed by atoms with van der Waals surface area (Å²) in [6.45, 7) is 0. The maximum absolute atomic E-state index is 11.9. The number of hydrogen-bond acceptors (Lipinski definition) is 4. The van der Waals surface area contributed by atoms with Crippen LogP contribution in [0.2, 0.25) is 5.02 Å². The molecule has 0 fully saturated rings. The maximum Gasteiger partial charge on any atom is 0.269 e. The number of benzene rings is 1. The van der Waals surface area contributed by atoms with E-state index in [0.717, 1.165) is 0 Å². The van der Waals surface area contributed by atoms with Crippen LogP contribution in [0.3, 0.4) is 0 Å². The molecule has 0 spiro atoms. The van der Waals surface area contributed by atoms with Gasteiger partial charge in [-0.2, -0.15) is 0 Å². The Morgan fingerprint density at radius 3 is 2.24 bits per heavy atom. The summed E-state index contributed by atoms with van der Waals surface area (Å²) in [5, 5.41) is 0.311. The highest BCUT2D eigenvalue weighted by Gasteiger charge is 2.11. The first-order valence-electron chi connectivity index (χ1n) is 5.96. The van der Waals surface area contributed by atoms with Crippen molar-refractivity contribution < 1.29 is 14.3 Å². The van der Waals surface area contributed by atoms with Gasteiger partial charge in [0.2, 0.25) is 0 Å². The van der Waals surface area contributed by atoms with Gasteiger partial charge in [-0.1, -0.05) is 11.6 Å². The molecule has 0 saturated heterocycles. The zero-order valence-corrected chi connectivity index (χ0v) is 11.8. The molecule has 21 heavy (non-hydrogen) atoms. The topological polar surface area (TPSA) is 80.3 Å². The van der Waals surface area contributed by atoms with Crippen molar-refractivity contribution in [2.24, 2.45) is 0 Å². The first-order valence-corrected chi connectivity index (χ1v) is 6.34. The van der Waals surface area contributed by atoms with Gasteiger partial charge in [-0.25, -0.2) is 0 Å². The Labute approximate surface area is 126 Å². The SMILES string of the molecule is COc1ccc(C(=O)NNC(=O)c2ccncc2)cc1Cl. The molecule has 0 bridgehead atoms. The number of pyridine rings is 1. The zero-order valence-electron chi connectivity index (χ0n) is 11.1. The molecule has 2 N–H and O–H groups in total. The van der Waals surface area contributed by atoms with Crippen molar-refractivity contribution in [1.29, 1.82) is 0 Å². The standard InChI is InChI=1S/C14H12ClN3O3/c1-21-12-3-2-10(8-11(12)15)14(20)18-17-13(19)9-4-6-16-7-5-9/h2-8H,1H3,(H,17,19)(H,18,20). The minimum absolute atomic E-state index is 0.302. The van der Waals surface area contributed by atoms with Crippen molar-refractivity contribution in [3.8, 4) is 5.75 Å². The molecule has 6 nitrogen and oxygen atoms in total.